The van der Waals surface area contributed by atoms with Gasteiger partial charge in [0.15, 0.2) is 0 Å². The van der Waals surface area contributed by atoms with Crippen molar-refractivity contribution in [3.05, 3.63) is 18.2 Å². The molecule has 4 nitrogen and oxygen atoms in total. The Labute approximate surface area is 89.5 Å². The number of imidazole rings is 1. The number of aliphatic hydroxyl groups excluding tert-OH is 1. The molecule has 0 bridgehead atoms. The first-order chi connectivity index (χ1) is 7.33. The molecule has 0 spiro atoms. The number of hydrogen-bond donors (Lipinski definition) is 1. The third-order valence-corrected chi connectivity index (χ3v) is 3.44. The van der Waals surface area contributed by atoms with Gasteiger partial charge in [0.2, 0.25) is 0 Å². The maximum Gasteiger partial charge on any atom is 0.122 e. The molecule has 1 N–H and O–H groups in total. The monoisotopic (exact) mass is 207 g/mol. The topological polar surface area (TPSA) is 41.3 Å². The Kier molecular flexibility index (Phi) is 2.25. The zero-order valence-corrected chi connectivity index (χ0v) is 8.84. The van der Waals surface area contributed by atoms with Crippen molar-refractivity contribution >= 4 is 0 Å². The largest absolute Gasteiger partial charge is 0.392 e. The number of β-amino-alcohol motifs (C(OH)–C–C–N with tert-alkyl or cyclic N) is 1. The second-order valence-corrected chi connectivity index (χ2v) is 4.68. The van der Waals surface area contributed by atoms with E-state index in [0.29, 0.717) is 5.92 Å². The van der Waals surface area contributed by atoms with Gasteiger partial charge in [-0.2, -0.15) is 0 Å². The second-order valence-electron chi connectivity index (χ2n) is 4.68. The molecule has 0 amide bonds. The quantitative estimate of drug-likeness (QED) is 0.783. The van der Waals surface area contributed by atoms with E-state index in [0.717, 1.165) is 32.0 Å². The van der Waals surface area contributed by atoms with Crippen molar-refractivity contribution in [1.29, 1.82) is 0 Å². The molecule has 4 heteroatoms. The molecule has 1 aromatic heterocycles. The maximum atomic E-state index is 9.87. The van der Waals surface area contributed by atoms with Crippen LogP contribution in [0.5, 0.6) is 0 Å². The van der Waals surface area contributed by atoms with Crippen LogP contribution in [0.3, 0.4) is 0 Å². The maximum absolute atomic E-state index is 9.87. The number of rotatable bonds is 3. The van der Waals surface area contributed by atoms with E-state index < -0.39 is 0 Å². The van der Waals surface area contributed by atoms with Gasteiger partial charge in [0.25, 0.3) is 0 Å². The van der Waals surface area contributed by atoms with E-state index in [1.54, 1.807) is 0 Å². The summed E-state index contributed by atoms with van der Waals surface area (Å²) in [6.45, 7) is 3.74. The Hall–Kier alpha value is -0.870. The van der Waals surface area contributed by atoms with Gasteiger partial charge in [0.1, 0.15) is 5.82 Å². The van der Waals surface area contributed by atoms with E-state index in [-0.39, 0.29) is 6.10 Å². The summed E-state index contributed by atoms with van der Waals surface area (Å²) in [4.78, 5) is 6.63. The van der Waals surface area contributed by atoms with Gasteiger partial charge in [-0.05, 0) is 18.8 Å². The molecule has 2 heterocycles. The van der Waals surface area contributed by atoms with E-state index in [1.807, 2.05) is 12.4 Å². The molecule has 0 aromatic carbocycles. The zero-order chi connectivity index (χ0) is 10.3. The van der Waals surface area contributed by atoms with Crippen LogP contribution in [0.25, 0.3) is 0 Å². The summed E-state index contributed by atoms with van der Waals surface area (Å²) >= 11 is 0. The van der Waals surface area contributed by atoms with Crippen molar-refractivity contribution in [3.63, 3.8) is 0 Å². The summed E-state index contributed by atoms with van der Waals surface area (Å²) in [6.07, 6.45) is 6.19. The summed E-state index contributed by atoms with van der Waals surface area (Å²) in [5.74, 6) is 1.70. The third kappa shape index (κ3) is 1.92. The molecule has 82 valence electrons. The predicted molar refractivity (Wildman–Crippen MR) is 56.2 cm³/mol. The van der Waals surface area contributed by atoms with Crippen molar-refractivity contribution < 1.29 is 5.11 Å². The van der Waals surface area contributed by atoms with Crippen molar-refractivity contribution in [1.82, 2.24) is 14.5 Å². The SMILES string of the molecule is OC(CN1CCn2ccnc2C1)C1CC1. The van der Waals surface area contributed by atoms with E-state index in [9.17, 15) is 5.11 Å². The molecule has 2 aliphatic rings. The number of aliphatic hydroxyl groups is 1. The van der Waals surface area contributed by atoms with E-state index in [1.165, 1.54) is 12.8 Å². The normalized spacial score (nSPS) is 23.8. The van der Waals surface area contributed by atoms with Gasteiger partial charge in [-0.3, -0.25) is 4.90 Å². The highest BCUT2D eigenvalue weighted by Crippen LogP contribution is 2.33. The lowest BCUT2D eigenvalue weighted by atomic mass is 10.2. The Morgan fingerprint density at radius 1 is 1.47 bits per heavy atom. The molecular formula is C11H17N3O. The molecule has 0 saturated heterocycles. The third-order valence-electron chi connectivity index (χ3n) is 3.44. The molecule has 15 heavy (non-hydrogen) atoms. The fourth-order valence-corrected chi connectivity index (χ4v) is 2.27. The molecule has 1 fully saturated rings. The summed E-state index contributed by atoms with van der Waals surface area (Å²) in [5, 5.41) is 9.87. The first-order valence-electron chi connectivity index (χ1n) is 5.73. The molecule has 1 aromatic rings. The predicted octanol–water partition coefficient (Wildman–Crippen LogP) is 0.470. The number of nitrogens with zero attached hydrogens (tertiary/aromatic N) is 3. The standard InChI is InChI=1S/C11H17N3O/c15-10(9-1-2-9)7-13-5-6-14-4-3-12-11(14)8-13/h3-4,9-10,15H,1-2,5-8H2. The molecule has 1 saturated carbocycles. The number of aromatic nitrogens is 2. The van der Waals surface area contributed by atoms with Gasteiger partial charge in [0.05, 0.1) is 12.6 Å². The highest BCUT2D eigenvalue weighted by Gasteiger charge is 2.31. The second kappa shape index (κ2) is 3.61. The average Bonchev–Trinajstić information content (AvgIpc) is 2.98. The van der Waals surface area contributed by atoms with Crippen LogP contribution < -0.4 is 0 Å². The lowest BCUT2D eigenvalue weighted by molar-refractivity contribution is 0.0811. The Bertz CT molecular complexity index is 345. The van der Waals surface area contributed by atoms with E-state index in [4.69, 9.17) is 0 Å². The highest BCUT2D eigenvalue weighted by molar-refractivity contribution is 4.96. The van der Waals surface area contributed by atoms with Gasteiger partial charge in [-0.15, -0.1) is 0 Å². The Balaban J connectivity index is 1.60. The molecule has 1 atom stereocenters. The molecule has 1 aliphatic carbocycles. The van der Waals surface area contributed by atoms with Crippen molar-refractivity contribution in [2.75, 3.05) is 13.1 Å². The van der Waals surface area contributed by atoms with Crippen LogP contribution in [0, 0.1) is 5.92 Å². The van der Waals surface area contributed by atoms with Crippen LogP contribution in [0.15, 0.2) is 12.4 Å². The van der Waals surface area contributed by atoms with Gasteiger partial charge >= 0.3 is 0 Å². The van der Waals surface area contributed by atoms with Crippen LogP contribution in [-0.4, -0.2) is 38.8 Å². The van der Waals surface area contributed by atoms with Crippen LogP contribution in [0.4, 0.5) is 0 Å². The van der Waals surface area contributed by atoms with E-state index in [2.05, 4.69) is 14.5 Å². The summed E-state index contributed by atoms with van der Waals surface area (Å²) in [5.41, 5.74) is 0. The number of fused-ring (bicyclic) bond motifs is 1. The lowest BCUT2D eigenvalue weighted by Crippen LogP contribution is -2.39. The average molecular weight is 207 g/mol. The minimum atomic E-state index is -0.119. The minimum Gasteiger partial charge on any atom is -0.392 e. The van der Waals surface area contributed by atoms with Gasteiger partial charge in [-0.1, -0.05) is 0 Å². The first-order valence-corrected chi connectivity index (χ1v) is 5.73. The number of hydrogen-bond acceptors (Lipinski definition) is 3. The fraction of sp³-hybridized carbons (Fsp3) is 0.727. The lowest BCUT2D eigenvalue weighted by Gasteiger charge is -2.29. The Morgan fingerprint density at radius 3 is 3.13 bits per heavy atom. The zero-order valence-electron chi connectivity index (χ0n) is 8.84. The van der Waals surface area contributed by atoms with Crippen molar-refractivity contribution in [3.8, 4) is 0 Å². The minimum absolute atomic E-state index is 0.119. The fourth-order valence-electron chi connectivity index (χ4n) is 2.27. The smallest absolute Gasteiger partial charge is 0.122 e. The van der Waals surface area contributed by atoms with Gasteiger partial charge < -0.3 is 9.67 Å². The van der Waals surface area contributed by atoms with Gasteiger partial charge in [0, 0.05) is 32.0 Å². The molecule has 3 rings (SSSR count). The van der Waals surface area contributed by atoms with Crippen molar-refractivity contribution in [2.45, 2.75) is 32.0 Å². The summed E-state index contributed by atoms with van der Waals surface area (Å²) < 4.78 is 2.19. The summed E-state index contributed by atoms with van der Waals surface area (Å²) in [7, 11) is 0. The van der Waals surface area contributed by atoms with Crippen LogP contribution >= 0.6 is 0 Å². The van der Waals surface area contributed by atoms with E-state index >= 15 is 0 Å². The van der Waals surface area contributed by atoms with Gasteiger partial charge in [-0.25, -0.2) is 4.98 Å². The Morgan fingerprint density at radius 2 is 2.33 bits per heavy atom. The summed E-state index contributed by atoms with van der Waals surface area (Å²) in [6, 6.07) is 0. The van der Waals surface area contributed by atoms with Crippen molar-refractivity contribution in [2.24, 2.45) is 5.92 Å². The first kappa shape index (κ1) is 9.36. The highest BCUT2D eigenvalue weighted by atomic mass is 16.3. The van der Waals surface area contributed by atoms with Crippen LogP contribution in [0.2, 0.25) is 0 Å². The molecular weight excluding hydrogens is 190 g/mol. The molecule has 1 unspecified atom stereocenters. The molecule has 1 aliphatic heterocycles. The molecule has 0 radical (unpaired) electrons. The van der Waals surface area contributed by atoms with Crippen LogP contribution in [-0.2, 0) is 13.1 Å². The van der Waals surface area contributed by atoms with Crippen LogP contribution in [0.1, 0.15) is 18.7 Å².